The number of nitrogens with zero attached hydrogens (tertiary/aromatic N) is 1. The van der Waals surface area contributed by atoms with Gasteiger partial charge in [-0.3, -0.25) is 9.69 Å². The van der Waals surface area contributed by atoms with E-state index in [0.717, 1.165) is 30.4 Å². The van der Waals surface area contributed by atoms with E-state index < -0.39 is 29.9 Å². The number of amides is 1. The molecule has 0 spiro atoms. The topological polar surface area (TPSA) is 99.2 Å². The van der Waals surface area contributed by atoms with Crippen LogP contribution in [0.5, 0.6) is 5.75 Å². The van der Waals surface area contributed by atoms with Crippen LogP contribution in [-0.2, 0) is 25.7 Å². The molecule has 1 aliphatic rings. The third-order valence-electron chi connectivity index (χ3n) is 6.79. The van der Waals surface area contributed by atoms with Crippen molar-refractivity contribution in [2.24, 2.45) is 11.8 Å². The minimum absolute atomic E-state index is 0.0155. The molecule has 0 aromatic heterocycles. The van der Waals surface area contributed by atoms with Gasteiger partial charge in [-0.2, -0.15) is 0 Å². The van der Waals surface area contributed by atoms with Crippen LogP contribution in [0, 0.1) is 18.8 Å². The summed E-state index contributed by atoms with van der Waals surface area (Å²) in [7, 11) is 0. The minimum Gasteiger partial charge on any atom is -0.493 e. The zero-order valence-electron chi connectivity index (χ0n) is 22.4. The maximum absolute atomic E-state index is 13.7. The summed E-state index contributed by atoms with van der Waals surface area (Å²) >= 11 is 0. The summed E-state index contributed by atoms with van der Waals surface area (Å²) in [5, 5.41) is 0. The van der Waals surface area contributed by atoms with Gasteiger partial charge in [0.2, 0.25) is 0 Å². The molecule has 0 aliphatic carbocycles. The predicted octanol–water partition coefficient (Wildman–Crippen LogP) is 5.15. The predicted molar refractivity (Wildman–Crippen MR) is 142 cm³/mol. The molecular formula is C30H37NO7. The van der Waals surface area contributed by atoms with Crippen LogP contribution in [-0.4, -0.2) is 54.8 Å². The highest BCUT2D eigenvalue weighted by Gasteiger charge is 2.51. The van der Waals surface area contributed by atoms with Crippen LogP contribution in [0.2, 0.25) is 0 Å². The molecule has 1 saturated heterocycles. The first-order valence-corrected chi connectivity index (χ1v) is 13.3. The first-order chi connectivity index (χ1) is 18.4. The Morgan fingerprint density at radius 1 is 1.03 bits per heavy atom. The molecule has 2 aromatic carbocycles. The maximum atomic E-state index is 13.7. The van der Waals surface area contributed by atoms with Crippen molar-refractivity contribution in [1.29, 1.82) is 0 Å². The van der Waals surface area contributed by atoms with Gasteiger partial charge in [-0.1, -0.05) is 50.1 Å². The van der Waals surface area contributed by atoms with Gasteiger partial charge >= 0.3 is 12.1 Å². The SMILES string of the molecule is CCCCCOc1ccc(C(=O)[C@H]2CN(C(=O)OCc3ccccc3)[C@H](C(=O)OCC)[C@H]2CC=O)cc1C. The largest absolute Gasteiger partial charge is 0.493 e. The van der Waals surface area contributed by atoms with Gasteiger partial charge in [0, 0.05) is 30.4 Å². The summed E-state index contributed by atoms with van der Waals surface area (Å²) in [5.74, 6) is -1.68. The normalized spacial score (nSPS) is 18.6. The zero-order chi connectivity index (χ0) is 27.5. The summed E-state index contributed by atoms with van der Waals surface area (Å²) in [6.07, 6.45) is 3.01. The summed E-state index contributed by atoms with van der Waals surface area (Å²) < 4.78 is 16.6. The van der Waals surface area contributed by atoms with Crippen molar-refractivity contribution >= 4 is 24.1 Å². The molecule has 1 heterocycles. The second-order valence-electron chi connectivity index (χ2n) is 9.46. The molecule has 1 aliphatic heterocycles. The molecule has 0 bridgehead atoms. The average molecular weight is 524 g/mol. The summed E-state index contributed by atoms with van der Waals surface area (Å²) in [6, 6.07) is 13.3. The number of Topliss-reactive ketones (excluding diaryl/α,β-unsaturated/α-hetero) is 1. The van der Waals surface area contributed by atoms with E-state index in [9.17, 15) is 19.2 Å². The number of esters is 1. The van der Waals surface area contributed by atoms with Gasteiger partial charge in [-0.15, -0.1) is 0 Å². The molecule has 204 valence electrons. The quantitative estimate of drug-likeness (QED) is 0.155. The second-order valence-corrected chi connectivity index (χ2v) is 9.46. The molecule has 0 radical (unpaired) electrons. The standard InChI is InChI=1S/C30H37NO7/c1-4-6-10-17-37-26-14-13-23(18-21(26)3)28(33)25-19-31(27(24(25)15-16-32)29(34)36-5-2)30(35)38-20-22-11-8-7-9-12-22/h7-9,11-14,16,18,24-25,27H,4-6,10,15,17,19-20H2,1-3H3/t24-,25-,27-/m0/s1. The molecule has 1 amide bonds. The Morgan fingerprint density at radius 2 is 1.79 bits per heavy atom. The number of ketones is 1. The van der Waals surface area contributed by atoms with E-state index in [1.807, 2.05) is 37.3 Å². The highest BCUT2D eigenvalue weighted by molar-refractivity contribution is 6.00. The Morgan fingerprint density at radius 3 is 2.45 bits per heavy atom. The van der Waals surface area contributed by atoms with Gasteiger partial charge < -0.3 is 19.0 Å². The van der Waals surface area contributed by atoms with E-state index >= 15 is 0 Å². The van der Waals surface area contributed by atoms with Crippen molar-refractivity contribution in [1.82, 2.24) is 4.90 Å². The van der Waals surface area contributed by atoms with Crippen molar-refractivity contribution in [2.45, 2.75) is 59.1 Å². The fraction of sp³-hybridized carbons (Fsp3) is 0.467. The molecule has 8 heteroatoms. The molecule has 0 N–H and O–H groups in total. The van der Waals surface area contributed by atoms with Gasteiger partial charge in [0.05, 0.1) is 13.2 Å². The summed E-state index contributed by atoms with van der Waals surface area (Å²) in [6.45, 7) is 6.34. The van der Waals surface area contributed by atoms with Crippen molar-refractivity contribution in [3.63, 3.8) is 0 Å². The maximum Gasteiger partial charge on any atom is 0.410 e. The minimum atomic E-state index is -1.10. The molecule has 8 nitrogen and oxygen atoms in total. The van der Waals surface area contributed by atoms with Crippen molar-refractivity contribution in [3.05, 3.63) is 65.2 Å². The molecular weight excluding hydrogens is 486 g/mol. The van der Waals surface area contributed by atoms with Gasteiger partial charge in [-0.05, 0) is 49.6 Å². The number of ether oxygens (including phenoxy) is 3. The third-order valence-corrected chi connectivity index (χ3v) is 6.79. The molecule has 1 fully saturated rings. The Kier molecular flexibility index (Phi) is 10.9. The van der Waals surface area contributed by atoms with Crippen molar-refractivity contribution in [2.75, 3.05) is 19.8 Å². The molecule has 38 heavy (non-hydrogen) atoms. The number of hydrogen-bond donors (Lipinski definition) is 0. The fourth-order valence-corrected chi connectivity index (χ4v) is 4.83. The van der Waals surface area contributed by atoms with Gasteiger partial charge in [0.25, 0.3) is 0 Å². The molecule has 3 rings (SSSR count). The summed E-state index contributed by atoms with van der Waals surface area (Å²) in [4.78, 5) is 52.6. The lowest BCUT2D eigenvalue weighted by molar-refractivity contribution is -0.149. The highest BCUT2D eigenvalue weighted by atomic mass is 16.6. The van der Waals surface area contributed by atoms with E-state index in [1.54, 1.807) is 25.1 Å². The Bertz CT molecular complexity index is 1100. The van der Waals surface area contributed by atoms with Crippen LogP contribution >= 0.6 is 0 Å². The van der Waals surface area contributed by atoms with E-state index in [1.165, 1.54) is 4.90 Å². The number of aryl methyl sites for hydroxylation is 1. The number of carbonyl (C=O) groups excluding carboxylic acids is 4. The van der Waals surface area contributed by atoms with Crippen LogP contribution in [0.15, 0.2) is 48.5 Å². The van der Waals surface area contributed by atoms with Crippen molar-refractivity contribution in [3.8, 4) is 5.75 Å². The van der Waals surface area contributed by atoms with Crippen LogP contribution in [0.4, 0.5) is 4.79 Å². The molecule has 0 unspecified atom stereocenters. The lowest BCUT2D eigenvalue weighted by Gasteiger charge is -2.25. The van der Waals surface area contributed by atoms with Gasteiger partial charge in [-0.25, -0.2) is 9.59 Å². The van der Waals surface area contributed by atoms with Crippen molar-refractivity contribution < 1.29 is 33.4 Å². The van der Waals surface area contributed by atoms with Gasteiger partial charge in [0.1, 0.15) is 24.7 Å². The highest BCUT2D eigenvalue weighted by Crippen LogP contribution is 2.36. The van der Waals surface area contributed by atoms with Crippen LogP contribution in [0.1, 0.15) is 61.0 Å². The molecule has 0 saturated carbocycles. The number of likely N-dealkylation sites (tertiary alicyclic amines) is 1. The number of unbranched alkanes of at least 4 members (excludes halogenated alkanes) is 2. The van der Waals surface area contributed by atoms with Crippen LogP contribution in [0.25, 0.3) is 0 Å². The monoisotopic (exact) mass is 523 g/mol. The Labute approximate surface area is 224 Å². The number of hydrogen-bond acceptors (Lipinski definition) is 7. The Balaban J connectivity index is 1.82. The zero-order valence-corrected chi connectivity index (χ0v) is 22.4. The van der Waals surface area contributed by atoms with E-state index in [4.69, 9.17) is 14.2 Å². The number of carbonyl (C=O) groups is 4. The van der Waals surface area contributed by atoms with E-state index in [-0.39, 0.29) is 32.0 Å². The first-order valence-electron chi connectivity index (χ1n) is 13.3. The van der Waals surface area contributed by atoms with Gasteiger partial charge in [0.15, 0.2) is 5.78 Å². The molecule has 2 aromatic rings. The number of aldehydes is 1. The third kappa shape index (κ3) is 7.21. The summed E-state index contributed by atoms with van der Waals surface area (Å²) in [5.41, 5.74) is 2.04. The van der Waals surface area contributed by atoms with E-state index in [2.05, 4.69) is 6.92 Å². The van der Waals surface area contributed by atoms with Crippen LogP contribution in [0.3, 0.4) is 0 Å². The Hall–Kier alpha value is -3.68. The number of rotatable bonds is 13. The fourth-order valence-electron chi connectivity index (χ4n) is 4.83. The van der Waals surface area contributed by atoms with E-state index in [0.29, 0.717) is 24.2 Å². The molecule has 3 atom stereocenters. The second kappa shape index (κ2) is 14.3. The smallest absolute Gasteiger partial charge is 0.410 e. The first kappa shape index (κ1) is 28.9. The number of benzene rings is 2. The average Bonchev–Trinajstić information content (AvgIpc) is 3.30. The lowest BCUT2D eigenvalue weighted by atomic mass is 9.83. The lowest BCUT2D eigenvalue weighted by Crippen LogP contribution is -2.44. The van der Waals surface area contributed by atoms with Crippen LogP contribution < -0.4 is 4.74 Å².